The number of hydrogen-bond acceptors (Lipinski definition) is 5. The highest BCUT2D eigenvalue weighted by atomic mass is 79.9. The van der Waals surface area contributed by atoms with Crippen molar-refractivity contribution < 1.29 is 9.66 Å². The van der Waals surface area contributed by atoms with Crippen LogP contribution in [-0.4, -0.2) is 45.9 Å². The number of ether oxygens (including phenoxy) is 1. The van der Waals surface area contributed by atoms with Gasteiger partial charge >= 0.3 is 0 Å². The molecule has 0 N–H and O–H groups in total. The highest BCUT2D eigenvalue weighted by Gasteiger charge is 2.20. The molecule has 0 spiro atoms. The van der Waals surface area contributed by atoms with E-state index in [0.29, 0.717) is 12.4 Å². The zero-order chi connectivity index (χ0) is 23.2. The van der Waals surface area contributed by atoms with E-state index >= 15 is 0 Å². The Bertz CT molecular complexity index is 1120. The number of nitro benzene ring substituents is 1. The summed E-state index contributed by atoms with van der Waals surface area (Å²) in [5.74, 6) is 0.701. The Kier molecular flexibility index (Phi) is 7.69. The summed E-state index contributed by atoms with van der Waals surface area (Å²) in [6.45, 7) is 5.06. The Balaban J connectivity index is 1.31. The van der Waals surface area contributed by atoms with Crippen LogP contribution in [0.4, 0.5) is 5.69 Å². The van der Waals surface area contributed by atoms with Crippen molar-refractivity contribution in [2.45, 2.75) is 13.2 Å². The van der Waals surface area contributed by atoms with E-state index in [4.69, 9.17) is 17.0 Å². The standard InChI is InChI=1S/C25H24BrN3O3S/c26-23-16-21(8-11-24(23)32-18-20-6-9-22(10-7-20)29(30)31)25(33)28-14-12-27(13-15-28)17-19-4-2-1-3-5-19/h1-11,16H,12-15,17-18H2. The average Bonchev–Trinajstić information content (AvgIpc) is 2.84. The highest BCUT2D eigenvalue weighted by Crippen LogP contribution is 2.28. The molecule has 1 heterocycles. The number of nitrogens with zero attached hydrogens (tertiary/aromatic N) is 3. The van der Waals surface area contributed by atoms with Gasteiger partial charge in [0.15, 0.2) is 0 Å². The van der Waals surface area contributed by atoms with Crippen LogP contribution in [0.25, 0.3) is 0 Å². The zero-order valence-corrected chi connectivity index (χ0v) is 20.4. The summed E-state index contributed by atoms with van der Waals surface area (Å²) in [6, 6.07) is 22.8. The van der Waals surface area contributed by atoms with E-state index in [1.165, 1.54) is 17.7 Å². The first-order valence-corrected chi connectivity index (χ1v) is 11.9. The predicted molar refractivity (Wildman–Crippen MR) is 137 cm³/mol. The van der Waals surface area contributed by atoms with Crippen LogP contribution in [-0.2, 0) is 13.2 Å². The highest BCUT2D eigenvalue weighted by molar-refractivity contribution is 9.10. The normalized spacial score (nSPS) is 14.2. The third-order valence-corrected chi connectivity index (χ3v) is 6.74. The molecule has 1 fully saturated rings. The second-order valence-corrected chi connectivity index (χ2v) is 9.15. The Morgan fingerprint density at radius 1 is 0.970 bits per heavy atom. The SMILES string of the molecule is O=[N+]([O-])c1ccc(COc2ccc(C(=S)N3CCN(Cc4ccccc4)CC3)cc2Br)cc1. The molecule has 0 aromatic heterocycles. The molecule has 0 radical (unpaired) electrons. The lowest BCUT2D eigenvalue weighted by Gasteiger charge is -2.36. The second-order valence-electron chi connectivity index (χ2n) is 7.91. The first-order chi connectivity index (χ1) is 16.0. The Hall–Kier alpha value is -2.81. The van der Waals surface area contributed by atoms with Gasteiger partial charge in [0.2, 0.25) is 0 Å². The number of rotatable bonds is 7. The third-order valence-electron chi connectivity index (χ3n) is 5.63. The molecule has 170 valence electrons. The first-order valence-electron chi connectivity index (χ1n) is 10.7. The van der Waals surface area contributed by atoms with Gasteiger partial charge in [0, 0.05) is 50.4 Å². The van der Waals surface area contributed by atoms with Gasteiger partial charge in [-0.2, -0.15) is 0 Å². The lowest BCUT2D eigenvalue weighted by molar-refractivity contribution is -0.384. The minimum atomic E-state index is -0.411. The number of piperazine rings is 1. The van der Waals surface area contributed by atoms with Crippen LogP contribution in [0.5, 0.6) is 5.75 Å². The van der Waals surface area contributed by atoms with E-state index in [1.54, 1.807) is 12.1 Å². The van der Waals surface area contributed by atoms with Gasteiger partial charge in [-0.25, -0.2) is 0 Å². The molecule has 0 aliphatic carbocycles. The zero-order valence-electron chi connectivity index (χ0n) is 18.0. The number of benzene rings is 3. The maximum atomic E-state index is 10.8. The summed E-state index contributed by atoms with van der Waals surface area (Å²) in [5.41, 5.74) is 3.25. The quantitative estimate of drug-likeness (QED) is 0.233. The molecule has 1 saturated heterocycles. The summed E-state index contributed by atoms with van der Waals surface area (Å²) in [5, 5.41) is 10.8. The first kappa shape index (κ1) is 23.4. The maximum absolute atomic E-state index is 10.8. The number of thiocarbonyl (C=S) groups is 1. The van der Waals surface area contributed by atoms with Crippen LogP contribution in [0.15, 0.2) is 77.3 Å². The molecule has 0 amide bonds. The van der Waals surface area contributed by atoms with Crippen LogP contribution < -0.4 is 4.74 Å². The van der Waals surface area contributed by atoms with Crippen LogP contribution in [0.3, 0.4) is 0 Å². The molecule has 0 unspecified atom stereocenters. The predicted octanol–water partition coefficient (Wildman–Crippen LogP) is 5.43. The maximum Gasteiger partial charge on any atom is 0.269 e. The number of halogens is 1. The summed E-state index contributed by atoms with van der Waals surface area (Å²) in [6.07, 6.45) is 0. The van der Waals surface area contributed by atoms with E-state index in [9.17, 15) is 10.1 Å². The van der Waals surface area contributed by atoms with Crippen molar-refractivity contribution in [1.82, 2.24) is 9.80 Å². The van der Waals surface area contributed by atoms with Crippen molar-refractivity contribution >= 4 is 38.8 Å². The van der Waals surface area contributed by atoms with Crippen molar-refractivity contribution in [2.75, 3.05) is 26.2 Å². The molecule has 4 rings (SSSR count). The molecule has 0 atom stereocenters. The van der Waals surface area contributed by atoms with Gasteiger partial charge < -0.3 is 9.64 Å². The van der Waals surface area contributed by atoms with Crippen LogP contribution in [0.2, 0.25) is 0 Å². The van der Waals surface area contributed by atoms with E-state index in [-0.39, 0.29) is 5.69 Å². The fourth-order valence-electron chi connectivity index (χ4n) is 3.76. The lowest BCUT2D eigenvalue weighted by Crippen LogP contribution is -2.48. The van der Waals surface area contributed by atoms with Gasteiger partial charge in [-0.15, -0.1) is 0 Å². The number of hydrogen-bond donors (Lipinski definition) is 0. The van der Waals surface area contributed by atoms with Crippen LogP contribution >= 0.6 is 28.1 Å². The molecule has 0 saturated carbocycles. The number of nitro groups is 1. The van der Waals surface area contributed by atoms with E-state index in [0.717, 1.165) is 53.3 Å². The third kappa shape index (κ3) is 6.16. The fourth-order valence-corrected chi connectivity index (χ4v) is 4.56. The molecule has 1 aliphatic heterocycles. The summed E-state index contributed by atoms with van der Waals surface area (Å²) < 4.78 is 6.72. The largest absolute Gasteiger partial charge is 0.488 e. The molecule has 3 aromatic rings. The van der Waals surface area contributed by atoms with Gasteiger partial charge in [-0.05, 0) is 57.4 Å². The minimum absolute atomic E-state index is 0.0682. The molecule has 3 aromatic carbocycles. The summed E-state index contributed by atoms with van der Waals surface area (Å²) in [7, 11) is 0. The van der Waals surface area contributed by atoms with Crippen LogP contribution in [0.1, 0.15) is 16.7 Å². The van der Waals surface area contributed by atoms with Crippen molar-refractivity contribution in [3.8, 4) is 5.75 Å². The monoisotopic (exact) mass is 525 g/mol. The molecular weight excluding hydrogens is 502 g/mol. The summed E-state index contributed by atoms with van der Waals surface area (Å²) >= 11 is 9.37. The van der Waals surface area contributed by atoms with Crippen molar-refractivity contribution in [2.24, 2.45) is 0 Å². The van der Waals surface area contributed by atoms with E-state index in [2.05, 4.69) is 50.0 Å². The Morgan fingerprint density at radius 3 is 2.30 bits per heavy atom. The summed E-state index contributed by atoms with van der Waals surface area (Å²) in [4.78, 5) is 15.9. The smallest absolute Gasteiger partial charge is 0.269 e. The molecule has 0 bridgehead atoms. The van der Waals surface area contributed by atoms with Gasteiger partial charge in [-0.1, -0.05) is 42.5 Å². The lowest BCUT2D eigenvalue weighted by atomic mass is 10.1. The molecule has 8 heteroatoms. The Morgan fingerprint density at radius 2 is 1.67 bits per heavy atom. The fraction of sp³-hybridized carbons (Fsp3) is 0.240. The van der Waals surface area contributed by atoms with Gasteiger partial charge in [0.1, 0.15) is 17.3 Å². The topological polar surface area (TPSA) is 58.9 Å². The number of non-ortho nitro benzene ring substituents is 1. The van der Waals surface area contributed by atoms with E-state index < -0.39 is 4.92 Å². The Labute approximate surface area is 207 Å². The second kappa shape index (κ2) is 10.9. The van der Waals surface area contributed by atoms with E-state index in [1.807, 2.05) is 24.3 Å². The minimum Gasteiger partial charge on any atom is -0.488 e. The van der Waals surface area contributed by atoms with Gasteiger partial charge in [-0.3, -0.25) is 15.0 Å². The molecular formula is C25H24BrN3O3S. The van der Waals surface area contributed by atoms with Gasteiger partial charge in [0.05, 0.1) is 9.40 Å². The van der Waals surface area contributed by atoms with Crippen molar-refractivity contribution in [3.63, 3.8) is 0 Å². The molecule has 1 aliphatic rings. The van der Waals surface area contributed by atoms with Crippen molar-refractivity contribution in [1.29, 1.82) is 0 Å². The molecule has 6 nitrogen and oxygen atoms in total. The van der Waals surface area contributed by atoms with Crippen molar-refractivity contribution in [3.05, 3.63) is 104 Å². The average molecular weight is 526 g/mol. The van der Waals surface area contributed by atoms with Gasteiger partial charge in [0.25, 0.3) is 5.69 Å². The molecule has 33 heavy (non-hydrogen) atoms. The van der Waals surface area contributed by atoms with Crippen LogP contribution in [0, 0.1) is 10.1 Å².